The lowest BCUT2D eigenvalue weighted by molar-refractivity contribution is 0.102. The molecule has 0 bridgehead atoms. The number of halogens is 4. The van der Waals surface area contributed by atoms with Crippen LogP contribution in [0.1, 0.15) is 10.4 Å². The lowest BCUT2D eigenvalue weighted by Crippen LogP contribution is -2.14. The van der Waals surface area contributed by atoms with E-state index in [2.05, 4.69) is 5.32 Å². The number of carbonyl (C=O) groups is 1. The number of anilines is 1. The third-order valence-corrected chi connectivity index (χ3v) is 3.96. The lowest BCUT2D eigenvalue weighted by Gasteiger charge is -2.08. The highest BCUT2D eigenvalue weighted by Crippen LogP contribution is 2.22. The summed E-state index contributed by atoms with van der Waals surface area (Å²) in [6.07, 6.45) is 0. The molecule has 2 nitrogen and oxygen atoms in total. The molecule has 0 saturated carbocycles. The van der Waals surface area contributed by atoms with Crippen molar-refractivity contribution in [1.29, 1.82) is 0 Å². The van der Waals surface area contributed by atoms with E-state index in [4.69, 9.17) is 11.6 Å². The molecule has 0 heterocycles. The van der Waals surface area contributed by atoms with E-state index in [0.29, 0.717) is 5.02 Å². The lowest BCUT2D eigenvalue weighted by atomic mass is 10.2. The van der Waals surface area contributed by atoms with Crippen molar-refractivity contribution in [2.75, 3.05) is 5.32 Å². The van der Waals surface area contributed by atoms with Crippen molar-refractivity contribution < 1.29 is 13.6 Å². The molecular formula is C13H7ClF2INO. The highest BCUT2D eigenvalue weighted by atomic mass is 127. The Balaban J connectivity index is 2.28. The summed E-state index contributed by atoms with van der Waals surface area (Å²) < 4.78 is 27.6. The van der Waals surface area contributed by atoms with E-state index in [-0.39, 0.29) is 5.56 Å². The first-order chi connectivity index (χ1) is 8.99. The largest absolute Gasteiger partial charge is 0.317 e. The van der Waals surface area contributed by atoms with Crippen molar-refractivity contribution in [2.24, 2.45) is 0 Å². The van der Waals surface area contributed by atoms with Gasteiger partial charge < -0.3 is 5.32 Å². The van der Waals surface area contributed by atoms with Crippen molar-refractivity contribution >= 4 is 45.8 Å². The van der Waals surface area contributed by atoms with Crippen LogP contribution in [0, 0.1) is 15.2 Å². The summed E-state index contributed by atoms with van der Waals surface area (Å²) in [7, 11) is 0. The monoisotopic (exact) mass is 393 g/mol. The summed E-state index contributed by atoms with van der Waals surface area (Å²) in [5, 5.41) is 2.60. The maximum absolute atomic E-state index is 13.4. The van der Waals surface area contributed by atoms with E-state index in [1.807, 2.05) is 22.6 Å². The van der Waals surface area contributed by atoms with Gasteiger partial charge in [0.1, 0.15) is 17.3 Å². The quantitative estimate of drug-likeness (QED) is 0.749. The van der Waals surface area contributed by atoms with Crippen LogP contribution in [-0.2, 0) is 0 Å². The average molecular weight is 394 g/mol. The molecule has 0 aliphatic carbocycles. The second-order valence-electron chi connectivity index (χ2n) is 3.68. The summed E-state index contributed by atoms with van der Waals surface area (Å²) in [6, 6.07) is 7.98. The minimum atomic E-state index is -0.829. The third-order valence-electron chi connectivity index (χ3n) is 2.38. The molecule has 98 valence electrons. The number of rotatable bonds is 2. The highest BCUT2D eigenvalue weighted by Gasteiger charge is 2.14. The third kappa shape index (κ3) is 3.22. The predicted molar refractivity (Wildman–Crippen MR) is 78.5 cm³/mol. The topological polar surface area (TPSA) is 29.1 Å². The fraction of sp³-hybridized carbons (Fsp3) is 0. The Morgan fingerprint density at radius 2 is 1.79 bits per heavy atom. The van der Waals surface area contributed by atoms with Crippen LogP contribution in [0.4, 0.5) is 14.5 Å². The molecule has 1 N–H and O–H groups in total. The van der Waals surface area contributed by atoms with Gasteiger partial charge in [0.25, 0.3) is 5.91 Å². The summed E-state index contributed by atoms with van der Waals surface area (Å²) in [5.74, 6) is -2.28. The van der Waals surface area contributed by atoms with Gasteiger partial charge in [0, 0.05) is 9.13 Å². The van der Waals surface area contributed by atoms with Crippen LogP contribution in [0.3, 0.4) is 0 Å². The Hall–Kier alpha value is -1.21. The van der Waals surface area contributed by atoms with Crippen molar-refractivity contribution in [1.82, 2.24) is 0 Å². The Morgan fingerprint density at radius 1 is 1.16 bits per heavy atom. The van der Waals surface area contributed by atoms with Gasteiger partial charge in [-0.25, -0.2) is 8.78 Å². The van der Waals surface area contributed by atoms with Crippen LogP contribution in [0.5, 0.6) is 0 Å². The number of hydrogen-bond donors (Lipinski definition) is 1. The van der Waals surface area contributed by atoms with Crippen molar-refractivity contribution in [3.05, 3.63) is 62.2 Å². The van der Waals surface area contributed by atoms with Crippen LogP contribution in [-0.4, -0.2) is 5.91 Å². The van der Waals surface area contributed by atoms with Gasteiger partial charge in [0.05, 0.1) is 5.02 Å². The van der Waals surface area contributed by atoms with Gasteiger partial charge in [-0.1, -0.05) is 17.7 Å². The van der Waals surface area contributed by atoms with Crippen molar-refractivity contribution in [2.45, 2.75) is 0 Å². The fourth-order valence-electron chi connectivity index (χ4n) is 1.44. The Bertz CT molecular complexity index is 628. The molecule has 2 aromatic rings. The number of benzene rings is 2. The first kappa shape index (κ1) is 14.2. The molecule has 0 atom stereocenters. The van der Waals surface area contributed by atoms with E-state index in [1.165, 1.54) is 18.2 Å². The first-order valence-electron chi connectivity index (χ1n) is 5.19. The van der Waals surface area contributed by atoms with Crippen LogP contribution < -0.4 is 5.32 Å². The standard InChI is InChI=1S/C13H7ClF2INO/c14-8-6-7(4-5-11(8)17)13(19)18-12-9(15)2-1-3-10(12)16/h1-6H,(H,18,19). The van der Waals surface area contributed by atoms with E-state index in [0.717, 1.165) is 15.7 Å². The van der Waals surface area contributed by atoms with Crippen LogP contribution in [0.2, 0.25) is 5.02 Å². The number of hydrogen-bond acceptors (Lipinski definition) is 1. The molecular weight excluding hydrogens is 387 g/mol. The van der Waals surface area contributed by atoms with Crippen LogP contribution >= 0.6 is 34.2 Å². The number of carbonyl (C=O) groups excluding carboxylic acids is 1. The molecule has 0 aliphatic heterocycles. The molecule has 19 heavy (non-hydrogen) atoms. The Labute approximate surface area is 126 Å². The molecule has 0 unspecified atom stereocenters. The molecule has 0 radical (unpaired) electrons. The number of nitrogens with one attached hydrogen (secondary N) is 1. The maximum Gasteiger partial charge on any atom is 0.255 e. The zero-order chi connectivity index (χ0) is 14.0. The minimum Gasteiger partial charge on any atom is -0.317 e. The molecule has 0 aliphatic rings. The van der Waals surface area contributed by atoms with Crippen molar-refractivity contribution in [3.8, 4) is 0 Å². The highest BCUT2D eigenvalue weighted by molar-refractivity contribution is 14.1. The number of para-hydroxylation sites is 1. The summed E-state index contributed by atoms with van der Waals surface area (Å²) >= 11 is 7.90. The van der Waals surface area contributed by atoms with E-state index >= 15 is 0 Å². The number of amides is 1. The van der Waals surface area contributed by atoms with E-state index in [9.17, 15) is 13.6 Å². The van der Waals surface area contributed by atoms with E-state index < -0.39 is 23.2 Å². The molecule has 6 heteroatoms. The van der Waals surface area contributed by atoms with Crippen LogP contribution in [0.15, 0.2) is 36.4 Å². The van der Waals surface area contributed by atoms with Gasteiger partial charge in [-0.05, 0) is 52.9 Å². The van der Waals surface area contributed by atoms with Gasteiger partial charge in [-0.3, -0.25) is 4.79 Å². The average Bonchev–Trinajstić information content (AvgIpc) is 2.37. The normalized spacial score (nSPS) is 10.3. The molecule has 2 rings (SSSR count). The Morgan fingerprint density at radius 3 is 2.37 bits per heavy atom. The smallest absolute Gasteiger partial charge is 0.255 e. The second-order valence-corrected chi connectivity index (χ2v) is 5.25. The zero-order valence-electron chi connectivity index (χ0n) is 9.38. The Kier molecular flexibility index (Phi) is 4.36. The SMILES string of the molecule is O=C(Nc1c(F)cccc1F)c1ccc(I)c(Cl)c1. The fourth-order valence-corrected chi connectivity index (χ4v) is 1.96. The summed E-state index contributed by atoms with van der Waals surface area (Å²) in [4.78, 5) is 11.9. The predicted octanol–water partition coefficient (Wildman–Crippen LogP) is 4.48. The molecule has 0 aromatic heterocycles. The van der Waals surface area contributed by atoms with Gasteiger partial charge in [-0.2, -0.15) is 0 Å². The molecule has 0 saturated heterocycles. The van der Waals surface area contributed by atoms with Gasteiger partial charge in [0.15, 0.2) is 0 Å². The van der Waals surface area contributed by atoms with E-state index in [1.54, 1.807) is 6.07 Å². The molecule has 2 aromatic carbocycles. The molecule has 0 fully saturated rings. The van der Waals surface area contributed by atoms with Gasteiger partial charge >= 0.3 is 0 Å². The first-order valence-corrected chi connectivity index (χ1v) is 6.65. The second kappa shape index (κ2) is 5.83. The van der Waals surface area contributed by atoms with Crippen LogP contribution in [0.25, 0.3) is 0 Å². The van der Waals surface area contributed by atoms with Gasteiger partial charge in [0.2, 0.25) is 0 Å². The molecule has 1 amide bonds. The zero-order valence-corrected chi connectivity index (χ0v) is 12.3. The minimum absolute atomic E-state index is 0.230. The summed E-state index contributed by atoms with van der Waals surface area (Å²) in [5.41, 5.74) is -0.241. The van der Waals surface area contributed by atoms with Crippen molar-refractivity contribution in [3.63, 3.8) is 0 Å². The molecule has 0 spiro atoms. The maximum atomic E-state index is 13.4. The summed E-state index contributed by atoms with van der Waals surface area (Å²) in [6.45, 7) is 0. The van der Waals surface area contributed by atoms with Gasteiger partial charge in [-0.15, -0.1) is 0 Å².